The maximum atomic E-state index is 12.2. The molecule has 3 aromatic rings. The Bertz CT molecular complexity index is 893. The van der Waals surface area contributed by atoms with Crippen molar-refractivity contribution in [3.8, 4) is 11.5 Å². The zero-order valence-corrected chi connectivity index (χ0v) is 16.1. The summed E-state index contributed by atoms with van der Waals surface area (Å²) >= 11 is 0. The predicted octanol–water partition coefficient (Wildman–Crippen LogP) is 4.89. The minimum atomic E-state index is -0.205. The highest BCUT2D eigenvalue weighted by molar-refractivity contribution is 5.92. The minimum Gasteiger partial charge on any atom is -0.493 e. The van der Waals surface area contributed by atoms with Crippen LogP contribution in [0.5, 0.6) is 11.5 Å². The summed E-state index contributed by atoms with van der Waals surface area (Å²) in [5, 5.41) is 2.85. The SMILES string of the molecule is CCc1cccc(OCC(=O)Nc2cccc(OCCc3ccccc3)c2)c1. The topological polar surface area (TPSA) is 47.6 Å². The van der Waals surface area contributed by atoms with Crippen molar-refractivity contribution in [2.75, 3.05) is 18.5 Å². The summed E-state index contributed by atoms with van der Waals surface area (Å²) < 4.78 is 11.4. The van der Waals surface area contributed by atoms with Crippen LogP contribution in [-0.2, 0) is 17.6 Å². The van der Waals surface area contributed by atoms with E-state index < -0.39 is 0 Å². The second-order valence-electron chi connectivity index (χ2n) is 6.45. The molecule has 0 spiro atoms. The van der Waals surface area contributed by atoms with Gasteiger partial charge in [-0.3, -0.25) is 4.79 Å². The number of hydrogen-bond donors (Lipinski definition) is 1. The lowest BCUT2D eigenvalue weighted by molar-refractivity contribution is -0.118. The smallest absolute Gasteiger partial charge is 0.262 e. The lowest BCUT2D eigenvalue weighted by atomic mass is 10.2. The molecule has 28 heavy (non-hydrogen) atoms. The van der Waals surface area contributed by atoms with Crippen LogP contribution in [0.25, 0.3) is 0 Å². The fraction of sp³-hybridized carbons (Fsp3) is 0.208. The van der Waals surface area contributed by atoms with Gasteiger partial charge in [-0.25, -0.2) is 0 Å². The third kappa shape index (κ3) is 6.16. The van der Waals surface area contributed by atoms with E-state index in [0.717, 1.165) is 18.6 Å². The lowest BCUT2D eigenvalue weighted by Crippen LogP contribution is -2.20. The highest BCUT2D eigenvalue weighted by Gasteiger charge is 2.05. The molecule has 0 unspecified atom stereocenters. The highest BCUT2D eigenvalue weighted by Crippen LogP contribution is 2.18. The molecule has 0 atom stereocenters. The van der Waals surface area contributed by atoms with Gasteiger partial charge in [0.1, 0.15) is 11.5 Å². The Morgan fingerprint density at radius 2 is 1.54 bits per heavy atom. The van der Waals surface area contributed by atoms with Crippen LogP contribution >= 0.6 is 0 Å². The molecule has 4 heteroatoms. The Balaban J connectivity index is 1.47. The number of anilines is 1. The van der Waals surface area contributed by atoms with E-state index >= 15 is 0 Å². The molecule has 0 aromatic heterocycles. The molecule has 0 saturated heterocycles. The van der Waals surface area contributed by atoms with Gasteiger partial charge in [0.05, 0.1) is 6.61 Å². The van der Waals surface area contributed by atoms with Crippen LogP contribution in [0.1, 0.15) is 18.1 Å². The van der Waals surface area contributed by atoms with E-state index in [4.69, 9.17) is 9.47 Å². The summed E-state index contributed by atoms with van der Waals surface area (Å²) in [7, 11) is 0. The van der Waals surface area contributed by atoms with Gasteiger partial charge in [0.2, 0.25) is 0 Å². The molecular weight excluding hydrogens is 350 g/mol. The van der Waals surface area contributed by atoms with E-state index in [2.05, 4.69) is 24.4 Å². The van der Waals surface area contributed by atoms with Crippen LogP contribution in [0.15, 0.2) is 78.9 Å². The number of amides is 1. The highest BCUT2D eigenvalue weighted by atomic mass is 16.5. The molecule has 1 N–H and O–H groups in total. The molecule has 1 amide bonds. The molecule has 3 rings (SSSR count). The predicted molar refractivity (Wildman–Crippen MR) is 112 cm³/mol. The number of carbonyl (C=O) groups is 1. The average Bonchev–Trinajstić information content (AvgIpc) is 2.73. The van der Waals surface area contributed by atoms with Gasteiger partial charge in [0.25, 0.3) is 5.91 Å². The minimum absolute atomic E-state index is 0.0355. The molecule has 3 aromatic carbocycles. The number of ether oxygens (including phenoxy) is 2. The second kappa shape index (κ2) is 10.2. The molecule has 0 aliphatic rings. The summed E-state index contributed by atoms with van der Waals surface area (Å²) in [6, 6.07) is 25.4. The molecule has 0 saturated carbocycles. The Hall–Kier alpha value is -3.27. The Morgan fingerprint density at radius 3 is 2.32 bits per heavy atom. The number of carbonyl (C=O) groups excluding carboxylic acids is 1. The number of nitrogens with one attached hydrogen (secondary N) is 1. The molecule has 144 valence electrons. The lowest BCUT2D eigenvalue weighted by Gasteiger charge is -2.10. The molecule has 0 heterocycles. The zero-order chi connectivity index (χ0) is 19.6. The average molecular weight is 375 g/mol. The quantitative estimate of drug-likeness (QED) is 0.579. The maximum absolute atomic E-state index is 12.2. The van der Waals surface area contributed by atoms with Crippen molar-refractivity contribution in [2.24, 2.45) is 0 Å². The Morgan fingerprint density at radius 1 is 0.821 bits per heavy atom. The summed E-state index contributed by atoms with van der Waals surface area (Å²) in [4.78, 5) is 12.2. The summed E-state index contributed by atoms with van der Waals surface area (Å²) in [6.45, 7) is 2.63. The van der Waals surface area contributed by atoms with Crippen LogP contribution in [-0.4, -0.2) is 19.1 Å². The Labute approximate surface area is 166 Å². The fourth-order valence-corrected chi connectivity index (χ4v) is 2.80. The molecule has 0 fully saturated rings. The van der Waals surface area contributed by atoms with Crippen LogP contribution in [0.3, 0.4) is 0 Å². The van der Waals surface area contributed by atoms with E-state index in [9.17, 15) is 4.79 Å². The van der Waals surface area contributed by atoms with Crippen molar-refractivity contribution in [1.29, 1.82) is 0 Å². The summed E-state index contributed by atoms with van der Waals surface area (Å²) in [6.07, 6.45) is 1.77. The van der Waals surface area contributed by atoms with Crippen molar-refractivity contribution in [3.63, 3.8) is 0 Å². The first kappa shape index (κ1) is 19.5. The van der Waals surface area contributed by atoms with Crippen LogP contribution < -0.4 is 14.8 Å². The van der Waals surface area contributed by atoms with Crippen LogP contribution in [0.4, 0.5) is 5.69 Å². The molecule has 0 bridgehead atoms. The van der Waals surface area contributed by atoms with E-state index in [1.807, 2.05) is 66.7 Å². The molecule has 0 radical (unpaired) electrons. The van der Waals surface area contributed by atoms with Gasteiger partial charge in [0, 0.05) is 18.2 Å². The summed E-state index contributed by atoms with van der Waals surface area (Å²) in [5.41, 5.74) is 3.10. The molecular formula is C24H25NO3. The van der Waals surface area contributed by atoms with Gasteiger partial charge in [0.15, 0.2) is 6.61 Å². The van der Waals surface area contributed by atoms with Crippen molar-refractivity contribution in [2.45, 2.75) is 19.8 Å². The first-order valence-electron chi connectivity index (χ1n) is 9.51. The van der Waals surface area contributed by atoms with E-state index in [0.29, 0.717) is 18.0 Å². The van der Waals surface area contributed by atoms with Crippen LogP contribution in [0.2, 0.25) is 0 Å². The third-order valence-corrected chi connectivity index (χ3v) is 4.30. The number of rotatable bonds is 9. The van der Waals surface area contributed by atoms with Crippen molar-refractivity contribution < 1.29 is 14.3 Å². The van der Waals surface area contributed by atoms with Gasteiger partial charge in [-0.1, -0.05) is 55.5 Å². The van der Waals surface area contributed by atoms with Gasteiger partial charge in [-0.2, -0.15) is 0 Å². The molecule has 4 nitrogen and oxygen atoms in total. The Kier molecular flexibility index (Phi) is 7.08. The monoisotopic (exact) mass is 375 g/mol. The number of aryl methyl sites for hydroxylation is 1. The zero-order valence-electron chi connectivity index (χ0n) is 16.1. The van der Waals surface area contributed by atoms with E-state index in [-0.39, 0.29) is 12.5 Å². The van der Waals surface area contributed by atoms with Crippen molar-refractivity contribution in [3.05, 3.63) is 90.0 Å². The maximum Gasteiger partial charge on any atom is 0.262 e. The summed E-state index contributed by atoms with van der Waals surface area (Å²) in [5.74, 6) is 1.22. The third-order valence-electron chi connectivity index (χ3n) is 4.30. The van der Waals surface area contributed by atoms with Gasteiger partial charge in [-0.05, 0) is 41.8 Å². The second-order valence-corrected chi connectivity index (χ2v) is 6.45. The van der Waals surface area contributed by atoms with Crippen molar-refractivity contribution >= 4 is 11.6 Å². The normalized spacial score (nSPS) is 10.3. The van der Waals surface area contributed by atoms with Gasteiger partial charge < -0.3 is 14.8 Å². The van der Waals surface area contributed by atoms with E-state index in [1.165, 1.54) is 11.1 Å². The van der Waals surface area contributed by atoms with Gasteiger partial charge >= 0.3 is 0 Å². The van der Waals surface area contributed by atoms with Crippen LogP contribution in [0, 0.1) is 0 Å². The number of benzene rings is 3. The molecule has 0 aliphatic heterocycles. The van der Waals surface area contributed by atoms with Crippen molar-refractivity contribution in [1.82, 2.24) is 0 Å². The first-order chi connectivity index (χ1) is 13.7. The first-order valence-corrected chi connectivity index (χ1v) is 9.51. The largest absolute Gasteiger partial charge is 0.493 e. The van der Waals surface area contributed by atoms with E-state index in [1.54, 1.807) is 0 Å². The van der Waals surface area contributed by atoms with Gasteiger partial charge in [-0.15, -0.1) is 0 Å². The molecule has 0 aliphatic carbocycles. The fourth-order valence-electron chi connectivity index (χ4n) is 2.80. The standard InChI is InChI=1S/C24H25NO3/c1-2-19-10-6-12-22(16-19)28-18-24(26)25-21-11-7-13-23(17-21)27-15-14-20-8-4-3-5-9-20/h3-13,16-17H,2,14-15,18H2,1H3,(H,25,26). The number of hydrogen-bond acceptors (Lipinski definition) is 3.